The molecule has 0 atom stereocenters. The minimum absolute atomic E-state index is 0.0967. The molecule has 202 valence electrons. The van der Waals surface area contributed by atoms with Crippen molar-refractivity contribution in [2.45, 2.75) is 39.0 Å². The monoisotopic (exact) mass is 558 g/mol. The van der Waals surface area contributed by atoms with E-state index in [0.717, 1.165) is 24.3 Å². The summed E-state index contributed by atoms with van der Waals surface area (Å²) in [6, 6.07) is 8.72. The van der Waals surface area contributed by atoms with Crippen LogP contribution in [0.4, 0.5) is 23.3 Å². The second-order valence-corrected chi connectivity index (χ2v) is 10.2. The largest absolute Gasteiger partial charge is 0.395 e. The lowest BCUT2D eigenvalue weighted by Crippen LogP contribution is -2.31. The first-order valence-electron chi connectivity index (χ1n) is 12.7. The Kier molecular flexibility index (Phi) is 9.74. The third-order valence-electron chi connectivity index (χ3n) is 6.24. The Balaban J connectivity index is 1.45. The van der Waals surface area contributed by atoms with Crippen LogP contribution in [-0.4, -0.2) is 57.4 Å². The van der Waals surface area contributed by atoms with Crippen molar-refractivity contribution in [1.82, 2.24) is 15.0 Å². The summed E-state index contributed by atoms with van der Waals surface area (Å²) in [7, 11) is 0. The molecule has 1 aliphatic carbocycles. The zero-order valence-corrected chi connectivity index (χ0v) is 22.8. The number of pyridine rings is 1. The number of aromatic nitrogens is 3. The number of hydrogen-bond acceptors (Lipinski definition) is 8. The highest BCUT2D eigenvalue weighted by molar-refractivity contribution is 6.40. The third-order valence-corrected chi connectivity index (χ3v) is 6.84. The molecule has 3 aromatic rings. The van der Waals surface area contributed by atoms with Gasteiger partial charge < -0.3 is 25.7 Å². The summed E-state index contributed by atoms with van der Waals surface area (Å²) < 4.78 is 0. The minimum atomic E-state index is -0.412. The number of amides is 1. The van der Waals surface area contributed by atoms with E-state index in [9.17, 15) is 15.0 Å². The molecule has 2 aromatic heterocycles. The highest BCUT2D eigenvalue weighted by atomic mass is 35.5. The molecule has 1 amide bonds. The van der Waals surface area contributed by atoms with E-state index in [1.165, 1.54) is 19.3 Å². The van der Waals surface area contributed by atoms with Crippen molar-refractivity contribution in [3.8, 4) is 0 Å². The summed E-state index contributed by atoms with van der Waals surface area (Å²) in [5, 5.41) is 25.3. The normalized spacial score (nSPS) is 12.9. The summed E-state index contributed by atoms with van der Waals surface area (Å²) in [5.74, 6) is 1.77. The van der Waals surface area contributed by atoms with E-state index >= 15 is 0 Å². The van der Waals surface area contributed by atoms with Crippen molar-refractivity contribution < 1.29 is 15.0 Å². The summed E-state index contributed by atoms with van der Waals surface area (Å²) in [5.41, 5.74) is 2.46. The number of nitrogens with zero attached hydrogens (tertiary/aromatic N) is 4. The Morgan fingerprint density at radius 3 is 2.42 bits per heavy atom. The van der Waals surface area contributed by atoms with Gasteiger partial charge in [0.05, 0.1) is 28.8 Å². The standard InChI is InChI=1S/C27H32Cl2N6O3/c1-17-13-24(34-27(31-17)35(9-11-36)10-12-37)33-23-16-20(7-8-30-23)32-26(38)25-21(28)14-19(15-22(25)29)4-2-3-18-5-6-18/h7-8,13-16,18,36-37H,2-6,9-12H2,1H3,(H2,30,31,32,33,34,38). The van der Waals surface area contributed by atoms with E-state index in [4.69, 9.17) is 23.2 Å². The van der Waals surface area contributed by atoms with Crippen LogP contribution in [0.5, 0.6) is 0 Å². The summed E-state index contributed by atoms with van der Waals surface area (Å²) in [6.07, 6.45) is 7.42. The molecule has 0 aliphatic heterocycles. The molecule has 0 radical (unpaired) electrons. The Morgan fingerprint density at radius 1 is 1.05 bits per heavy atom. The van der Waals surface area contributed by atoms with Crippen molar-refractivity contribution in [3.63, 3.8) is 0 Å². The summed E-state index contributed by atoms with van der Waals surface area (Å²) in [4.78, 5) is 27.9. The number of rotatable bonds is 13. The van der Waals surface area contributed by atoms with Crippen LogP contribution < -0.4 is 15.5 Å². The number of carbonyl (C=O) groups is 1. The molecule has 0 bridgehead atoms. The van der Waals surface area contributed by atoms with Crippen LogP contribution in [0.1, 0.15) is 47.3 Å². The fourth-order valence-electron chi connectivity index (χ4n) is 4.20. The summed E-state index contributed by atoms with van der Waals surface area (Å²) >= 11 is 12.9. The number of benzene rings is 1. The van der Waals surface area contributed by atoms with Gasteiger partial charge in [-0.1, -0.05) is 42.5 Å². The highest BCUT2D eigenvalue weighted by Crippen LogP contribution is 2.34. The van der Waals surface area contributed by atoms with Gasteiger partial charge in [0.15, 0.2) is 0 Å². The smallest absolute Gasteiger partial charge is 0.258 e. The van der Waals surface area contributed by atoms with Gasteiger partial charge in [0.1, 0.15) is 11.6 Å². The van der Waals surface area contributed by atoms with Crippen LogP contribution in [0.2, 0.25) is 10.0 Å². The number of aliphatic hydroxyl groups is 2. The number of carbonyl (C=O) groups excluding carboxylic acids is 1. The van der Waals surface area contributed by atoms with Crippen LogP contribution in [0.15, 0.2) is 36.5 Å². The molecule has 0 unspecified atom stereocenters. The molecule has 9 nitrogen and oxygen atoms in total. The van der Waals surface area contributed by atoms with Crippen molar-refractivity contribution in [2.75, 3.05) is 41.8 Å². The zero-order valence-electron chi connectivity index (χ0n) is 21.3. The fourth-order valence-corrected chi connectivity index (χ4v) is 4.91. The van der Waals surface area contributed by atoms with Crippen LogP contribution in [-0.2, 0) is 6.42 Å². The van der Waals surface area contributed by atoms with Gasteiger partial charge in [-0.15, -0.1) is 0 Å². The van der Waals surface area contributed by atoms with Crippen molar-refractivity contribution >= 4 is 52.4 Å². The molecule has 4 N–H and O–H groups in total. The SMILES string of the molecule is Cc1cc(Nc2cc(NC(=O)c3c(Cl)cc(CCCC4CC4)cc3Cl)ccn2)nc(N(CCO)CCO)n1. The van der Waals surface area contributed by atoms with E-state index in [0.29, 0.717) is 39.0 Å². The molecule has 1 saturated carbocycles. The van der Waals surface area contributed by atoms with Gasteiger partial charge in [-0.3, -0.25) is 4.79 Å². The molecule has 0 spiro atoms. The van der Waals surface area contributed by atoms with Crippen LogP contribution in [0.3, 0.4) is 0 Å². The van der Waals surface area contributed by atoms with E-state index in [1.54, 1.807) is 29.3 Å². The molecular weight excluding hydrogens is 527 g/mol. The maximum Gasteiger partial charge on any atom is 0.258 e. The molecule has 11 heteroatoms. The lowest BCUT2D eigenvalue weighted by Gasteiger charge is -2.21. The van der Waals surface area contributed by atoms with Gasteiger partial charge in [0.25, 0.3) is 5.91 Å². The fraction of sp³-hybridized carbons (Fsp3) is 0.407. The van der Waals surface area contributed by atoms with E-state index in [-0.39, 0.29) is 31.9 Å². The molecule has 1 fully saturated rings. The molecule has 1 aromatic carbocycles. The number of aryl methyl sites for hydroxylation is 2. The van der Waals surface area contributed by atoms with Gasteiger partial charge in [0, 0.05) is 42.8 Å². The second kappa shape index (κ2) is 13.2. The first-order chi connectivity index (χ1) is 18.4. The summed E-state index contributed by atoms with van der Waals surface area (Å²) in [6.45, 7) is 2.20. The second-order valence-electron chi connectivity index (χ2n) is 9.41. The van der Waals surface area contributed by atoms with Gasteiger partial charge in [-0.2, -0.15) is 4.98 Å². The number of hydrogen-bond donors (Lipinski definition) is 4. The quantitative estimate of drug-likeness (QED) is 0.231. The maximum absolute atomic E-state index is 13.0. The van der Waals surface area contributed by atoms with Gasteiger partial charge in [-0.25, -0.2) is 9.97 Å². The van der Waals surface area contributed by atoms with Crippen molar-refractivity contribution in [1.29, 1.82) is 0 Å². The van der Waals surface area contributed by atoms with Gasteiger partial charge in [0.2, 0.25) is 5.95 Å². The van der Waals surface area contributed by atoms with Crippen molar-refractivity contribution in [3.05, 3.63) is 63.4 Å². The lowest BCUT2D eigenvalue weighted by molar-refractivity contribution is 0.102. The Labute approximate surface area is 232 Å². The predicted molar refractivity (Wildman–Crippen MR) is 151 cm³/mol. The predicted octanol–water partition coefficient (Wildman–Crippen LogP) is 5.01. The van der Waals surface area contributed by atoms with Crippen LogP contribution >= 0.6 is 23.2 Å². The van der Waals surface area contributed by atoms with E-state index in [2.05, 4.69) is 25.6 Å². The Bertz CT molecular complexity index is 1240. The van der Waals surface area contributed by atoms with Crippen molar-refractivity contribution in [2.24, 2.45) is 5.92 Å². The molecular formula is C27H32Cl2N6O3. The maximum atomic E-state index is 13.0. The number of nitrogens with one attached hydrogen (secondary N) is 2. The molecule has 0 saturated heterocycles. The Hall–Kier alpha value is -2.98. The molecule has 4 rings (SSSR count). The lowest BCUT2D eigenvalue weighted by atomic mass is 10.0. The topological polar surface area (TPSA) is 124 Å². The third kappa shape index (κ3) is 7.77. The number of anilines is 4. The van der Waals surface area contributed by atoms with Crippen LogP contribution in [0, 0.1) is 12.8 Å². The Morgan fingerprint density at radius 2 is 1.76 bits per heavy atom. The highest BCUT2D eigenvalue weighted by Gasteiger charge is 2.21. The minimum Gasteiger partial charge on any atom is -0.395 e. The number of aliphatic hydroxyl groups excluding tert-OH is 2. The molecule has 2 heterocycles. The molecule has 38 heavy (non-hydrogen) atoms. The first-order valence-corrected chi connectivity index (χ1v) is 13.5. The number of halogens is 2. The molecule has 1 aliphatic rings. The van der Waals surface area contributed by atoms with Gasteiger partial charge in [-0.05, 0) is 49.4 Å². The van der Waals surface area contributed by atoms with E-state index < -0.39 is 5.91 Å². The average molecular weight is 559 g/mol. The average Bonchev–Trinajstić information content (AvgIpc) is 3.68. The van der Waals surface area contributed by atoms with E-state index in [1.807, 2.05) is 19.1 Å². The first kappa shape index (κ1) is 28.0. The van der Waals surface area contributed by atoms with Gasteiger partial charge >= 0.3 is 0 Å². The van der Waals surface area contributed by atoms with Crippen LogP contribution in [0.25, 0.3) is 0 Å². The zero-order chi connectivity index (χ0) is 27.1.